The van der Waals surface area contributed by atoms with Crippen LogP contribution < -0.4 is 4.85 Å². The van der Waals surface area contributed by atoms with Crippen LogP contribution in [0.1, 0.15) is 12.6 Å². The summed E-state index contributed by atoms with van der Waals surface area (Å²) in [6.07, 6.45) is 2.21. The Bertz CT molecular complexity index is 200. The average molecular weight is 124 g/mol. The van der Waals surface area contributed by atoms with Crippen molar-refractivity contribution in [2.24, 2.45) is 0 Å². The van der Waals surface area contributed by atoms with E-state index in [0.717, 1.165) is 6.42 Å². The van der Waals surface area contributed by atoms with E-state index >= 15 is 0 Å². The normalized spacial score (nSPS) is 9.44. The molecule has 0 aliphatic rings. The molecule has 0 aliphatic heterocycles. The highest BCUT2D eigenvalue weighted by atomic mass is 16.5. The van der Waals surface area contributed by atoms with Crippen LogP contribution >= 0.6 is 0 Å². The largest absolute Gasteiger partial charge is 0.594 e. The van der Waals surface area contributed by atoms with Gasteiger partial charge in [-0.1, -0.05) is 11.8 Å². The van der Waals surface area contributed by atoms with Crippen LogP contribution in [0.3, 0.4) is 0 Å². The third-order valence-corrected chi connectivity index (χ3v) is 1.15. The van der Waals surface area contributed by atoms with Gasteiger partial charge in [-0.2, -0.15) is 0 Å². The number of hydrogen-bond acceptors (Lipinski definition) is 2. The number of hydrogen-bond donors (Lipinski definition) is 0. The van der Waals surface area contributed by atoms with E-state index in [1.807, 2.05) is 6.92 Å². The number of aromatic nitrogens is 2. The molecule has 0 atom stereocenters. The smallest absolute Gasteiger partial charge is 0.221 e. The fraction of sp³-hybridized carbons (Fsp3) is 0.333. The van der Waals surface area contributed by atoms with Crippen LogP contribution in [-0.4, -0.2) is 5.10 Å². The first kappa shape index (κ1) is 6.01. The van der Waals surface area contributed by atoms with Gasteiger partial charge in [-0.05, 0) is 6.07 Å². The Morgan fingerprint density at radius 2 is 2.56 bits per heavy atom. The molecule has 0 aliphatic carbocycles. The lowest BCUT2D eigenvalue weighted by atomic mass is 10.3. The van der Waals surface area contributed by atoms with Gasteiger partial charge in [0.25, 0.3) is 0 Å². The first-order valence-corrected chi connectivity index (χ1v) is 2.88. The highest BCUT2D eigenvalue weighted by molar-refractivity contribution is 4.92. The fourth-order valence-corrected chi connectivity index (χ4v) is 0.644. The lowest BCUT2D eigenvalue weighted by Crippen LogP contribution is -2.35. The first-order chi connectivity index (χ1) is 4.34. The maximum absolute atomic E-state index is 10.7. The minimum Gasteiger partial charge on any atom is -0.594 e. The summed E-state index contributed by atoms with van der Waals surface area (Å²) in [6, 6.07) is 3.52. The summed E-state index contributed by atoms with van der Waals surface area (Å²) >= 11 is 0. The van der Waals surface area contributed by atoms with Crippen molar-refractivity contribution in [1.82, 2.24) is 5.10 Å². The third-order valence-electron chi connectivity index (χ3n) is 1.15. The van der Waals surface area contributed by atoms with E-state index in [1.54, 1.807) is 12.1 Å². The molecule has 0 bridgehead atoms. The molecule has 0 saturated heterocycles. The molecule has 0 aromatic carbocycles. The van der Waals surface area contributed by atoms with E-state index in [0.29, 0.717) is 10.5 Å². The predicted octanol–water partition coefficient (Wildman–Crippen LogP) is 0.277. The molecule has 0 N–H and O–H groups in total. The van der Waals surface area contributed by atoms with Gasteiger partial charge in [0.05, 0.1) is 6.20 Å². The van der Waals surface area contributed by atoms with E-state index in [9.17, 15) is 5.21 Å². The van der Waals surface area contributed by atoms with Crippen LogP contribution in [0.4, 0.5) is 0 Å². The maximum atomic E-state index is 10.7. The second kappa shape index (κ2) is 2.44. The molecule has 1 heterocycles. The standard InChI is InChI=1S/C6H8N2O/c1-2-6-4-3-5-7-8(6)9/h3-5H,2H2,1H3. The topological polar surface area (TPSA) is 39.8 Å². The van der Waals surface area contributed by atoms with Gasteiger partial charge < -0.3 is 5.21 Å². The molecule has 1 aromatic rings. The van der Waals surface area contributed by atoms with Gasteiger partial charge in [-0.15, -0.1) is 0 Å². The van der Waals surface area contributed by atoms with Gasteiger partial charge >= 0.3 is 0 Å². The lowest BCUT2D eigenvalue weighted by Gasteiger charge is -1.95. The molecule has 0 unspecified atom stereocenters. The summed E-state index contributed by atoms with van der Waals surface area (Å²) in [5, 5.41) is 14.2. The van der Waals surface area contributed by atoms with Crippen LogP contribution in [0.5, 0.6) is 0 Å². The molecule has 1 aromatic heterocycles. The Hall–Kier alpha value is -1.12. The van der Waals surface area contributed by atoms with E-state index in [-0.39, 0.29) is 0 Å². The Balaban J connectivity index is 3.01. The molecule has 48 valence electrons. The summed E-state index contributed by atoms with van der Waals surface area (Å²) in [4.78, 5) is 0.639. The van der Waals surface area contributed by atoms with Crippen molar-refractivity contribution in [3.05, 3.63) is 29.2 Å². The van der Waals surface area contributed by atoms with Gasteiger partial charge in [-0.25, -0.2) is 0 Å². The summed E-state index contributed by atoms with van der Waals surface area (Å²) in [5.74, 6) is 0. The number of nitrogens with zero attached hydrogens (tertiary/aromatic N) is 2. The third kappa shape index (κ3) is 1.16. The first-order valence-electron chi connectivity index (χ1n) is 2.88. The van der Waals surface area contributed by atoms with Crippen LogP contribution in [-0.2, 0) is 6.42 Å². The van der Waals surface area contributed by atoms with Crippen molar-refractivity contribution in [1.29, 1.82) is 0 Å². The molecule has 9 heavy (non-hydrogen) atoms. The van der Waals surface area contributed by atoms with Crippen molar-refractivity contribution in [2.45, 2.75) is 13.3 Å². The molecule has 0 radical (unpaired) electrons. The van der Waals surface area contributed by atoms with Crippen molar-refractivity contribution in [3.8, 4) is 0 Å². The summed E-state index contributed by atoms with van der Waals surface area (Å²) in [5.41, 5.74) is 0.706. The molecule has 1 rings (SSSR count). The quantitative estimate of drug-likeness (QED) is 0.398. The molecule has 0 amide bonds. The van der Waals surface area contributed by atoms with Crippen LogP contribution in [0.2, 0.25) is 0 Å². The minimum absolute atomic E-state index is 0.639. The molecular weight excluding hydrogens is 116 g/mol. The molecule has 3 nitrogen and oxygen atoms in total. The number of rotatable bonds is 1. The van der Waals surface area contributed by atoms with Crippen LogP contribution in [0.15, 0.2) is 18.3 Å². The Morgan fingerprint density at radius 1 is 1.78 bits per heavy atom. The van der Waals surface area contributed by atoms with E-state index in [1.165, 1.54) is 6.20 Å². The molecular formula is C6H8N2O. The van der Waals surface area contributed by atoms with Crippen LogP contribution in [0.25, 0.3) is 0 Å². The zero-order chi connectivity index (χ0) is 6.69. The molecule has 0 fully saturated rings. The Morgan fingerprint density at radius 3 is 3.00 bits per heavy atom. The van der Waals surface area contributed by atoms with Crippen LogP contribution in [0, 0.1) is 5.21 Å². The average Bonchev–Trinajstić information content (AvgIpc) is 1.89. The van der Waals surface area contributed by atoms with E-state index < -0.39 is 0 Å². The van der Waals surface area contributed by atoms with Gasteiger partial charge in [0.2, 0.25) is 5.69 Å². The zero-order valence-electron chi connectivity index (χ0n) is 5.24. The zero-order valence-corrected chi connectivity index (χ0v) is 5.24. The van der Waals surface area contributed by atoms with E-state index in [4.69, 9.17) is 0 Å². The van der Waals surface area contributed by atoms with Gasteiger partial charge in [-0.3, -0.25) is 0 Å². The van der Waals surface area contributed by atoms with Crippen molar-refractivity contribution >= 4 is 0 Å². The van der Waals surface area contributed by atoms with E-state index in [2.05, 4.69) is 5.10 Å². The summed E-state index contributed by atoms with van der Waals surface area (Å²) < 4.78 is 0. The fourth-order valence-electron chi connectivity index (χ4n) is 0.644. The highest BCUT2D eigenvalue weighted by Crippen LogP contribution is 1.87. The van der Waals surface area contributed by atoms with Gasteiger partial charge in [0.15, 0.2) is 0 Å². The summed E-state index contributed by atoms with van der Waals surface area (Å²) in [7, 11) is 0. The van der Waals surface area contributed by atoms with Crippen molar-refractivity contribution in [3.63, 3.8) is 0 Å². The van der Waals surface area contributed by atoms with Crippen molar-refractivity contribution in [2.75, 3.05) is 0 Å². The molecule has 3 heteroatoms. The monoisotopic (exact) mass is 124 g/mol. The predicted molar refractivity (Wildman–Crippen MR) is 32.6 cm³/mol. The Labute approximate surface area is 53.5 Å². The maximum Gasteiger partial charge on any atom is 0.221 e. The minimum atomic E-state index is 0.639. The molecule has 0 spiro atoms. The second-order valence-electron chi connectivity index (χ2n) is 1.74. The lowest BCUT2D eigenvalue weighted by molar-refractivity contribution is -0.676. The number of aryl methyl sites for hydroxylation is 1. The SMILES string of the molecule is CCc1cccn[n+]1[O-]. The second-order valence-corrected chi connectivity index (χ2v) is 1.74. The molecule has 0 saturated carbocycles. The highest BCUT2D eigenvalue weighted by Gasteiger charge is 1.98. The van der Waals surface area contributed by atoms with Gasteiger partial charge in [0.1, 0.15) is 0 Å². The Kier molecular flexibility index (Phi) is 1.63. The van der Waals surface area contributed by atoms with Crippen molar-refractivity contribution < 1.29 is 4.85 Å². The van der Waals surface area contributed by atoms with Gasteiger partial charge in [0, 0.05) is 17.6 Å². The summed E-state index contributed by atoms with van der Waals surface area (Å²) in [6.45, 7) is 1.92.